The van der Waals surface area contributed by atoms with E-state index in [0.717, 1.165) is 115 Å². The average Bonchev–Trinajstić information content (AvgIpc) is 3.62. The van der Waals surface area contributed by atoms with Gasteiger partial charge in [-0.25, -0.2) is 9.13 Å². The van der Waals surface area contributed by atoms with E-state index in [2.05, 4.69) is 65.8 Å². The first kappa shape index (κ1) is 91.5. The lowest BCUT2D eigenvalue weighted by Crippen LogP contribution is -2.30. The van der Waals surface area contributed by atoms with Crippen molar-refractivity contribution in [3.8, 4) is 0 Å². The maximum Gasteiger partial charge on any atom is 0.472 e. The van der Waals surface area contributed by atoms with E-state index in [9.17, 15) is 43.2 Å². The van der Waals surface area contributed by atoms with Crippen LogP contribution in [0.4, 0.5) is 0 Å². The van der Waals surface area contributed by atoms with E-state index in [1.54, 1.807) is 0 Å². The number of hydrogen-bond acceptors (Lipinski definition) is 15. The van der Waals surface area contributed by atoms with Gasteiger partial charge in [0.15, 0.2) is 12.2 Å². The Morgan fingerprint density at radius 1 is 0.351 bits per heavy atom. The molecule has 0 aromatic rings. The summed E-state index contributed by atoms with van der Waals surface area (Å²) in [5.41, 5.74) is 0. The Balaban J connectivity index is 5.30. The topological polar surface area (TPSA) is 237 Å². The molecule has 0 saturated heterocycles. The Labute approximate surface area is 573 Å². The second-order valence-corrected chi connectivity index (χ2v) is 30.0. The third-order valence-electron chi connectivity index (χ3n) is 17.2. The van der Waals surface area contributed by atoms with Gasteiger partial charge in [-0.2, -0.15) is 0 Å². The predicted octanol–water partition coefficient (Wildman–Crippen LogP) is 21.5. The number of aliphatic hydroxyl groups is 1. The Morgan fingerprint density at radius 2 is 0.628 bits per heavy atom. The molecule has 0 bridgehead atoms. The van der Waals surface area contributed by atoms with Crippen LogP contribution in [0.3, 0.4) is 0 Å². The molecule has 0 aliphatic heterocycles. The normalized spacial score (nSPS) is 14.5. The largest absolute Gasteiger partial charge is 0.472 e. The molecular weight excluding hydrogens is 1230 g/mol. The number of aliphatic hydroxyl groups excluding tert-OH is 1. The second-order valence-electron chi connectivity index (χ2n) is 27.1. The molecule has 0 heterocycles. The highest BCUT2D eigenvalue weighted by atomic mass is 31.2. The minimum absolute atomic E-state index is 0.0849. The van der Waals surface area contributed by atoms with E-state index >= 15 is 0 Å². The standard InChI is InChI=1S/C75H142O17P2/c1-7-10-12-14-16-18-20-21-22-23-27-35-41-47-53-59-74(79)91-70(64-86-73(78)58-52-46-40-34-28-24-26-31-37-43-49-55-67(4)5)65-89-93(81,82)87-61-69(76)62-88-94(83,84)90-66-71(63-85-72(77)57-51-45-39-33-25-19-17-15-13-11-8-2)92-75(80)60-54-48-42-36-30-29-32-38-44-50-56-68(6)9-3/h18,20-22,67-71,76H,7-17,19,23-66H2,1-6H3,(H,81,82)(H,83,84)/b20-18-,22-21-/t68?,69-,70-,71-/m1/s1. The molecule has 94 heavy (non-hydrogen) atoms. The molecule has 3 N–H and O–H groups in total. The van der Waals surface area contributed by atoms with Gasteiger partial charge in [-0.05, 0) is 63.2 Å². The Hall–Kier alpha value is -2.46. The molecule has 17 nitrogen and oxygen atoms in total. The zero-order valence-corrected chi connectivity index (χ0v) is 62.5. The van der Waals surface area contributed by atoms with Crippen molar-refractivity contribution >= 4 is 39.5 Å². The van der Waals surface area contributed by atoms with Crippen molar-refractivity contribution in [3.63, 3.8) is 0 Å². The molecule has 6 atom stereocenters. The van der Waals surface area contributed by atoms with Gasteiger partial charge in [0, 0.05) is 25.7 Å². The lowest BCUT2D eigenvalue weighted by atomic mass is 9.99. The van der Waals surface area contributed by atoms with Crippen LogP contribution in [0, 0.1) is 11.8 Å². The highest BCUT2D eigenvalue weighted by molar-refractivity contribution is 7.47. The van der Waals surface area contributed by atoms with Gasteiger partial charge in [0.25, 0.3) is 0 Å². The van der Waals surface area contributed by atoms with Crippen molar-refractivity contribution in [3.05, 3.63) is 24.3 Å². The SMILES string of the molecule is CCCCCC/C=C\C=C/CCCCCCCC(=O)O[C@H](COC(=O)CCCCCCCCCCCCCC(C)C)COP(=O)(O)OC[C@@H](O)COP(=O)(O)OC[C@@H](COC(=O)CCCCCCCCCCCCC)OC(=O)CCCCCCCCCCCCC(C)CC. The lowest BCUT2D eigenvalue weighted by molar-refractivity contribution is -0.161. The fourth-order valence-corrected chi connectivity index (χ4v) is 12.5. The third-order valence-corrected chi connectivity index (χ3v) is 19.1. The fourth-order valence-electron chi connectivity index (χ4n) is 10.9. The van der Waals surface area contributed by atoms with Gasteiger partial charge in [-0.1, -0.05) is 310 Å². The fraction of sp³-hybridized carbons (Fsp3) is 0.893. The molecular formula is C75H142O17P2. The van der Waals surface area contributed by atoms with Crippen LogP contribution in [0.25, 0.3) is 0 Å². The Bertz CT molecular complexity index is 1920. The van der Waals surface area contributed by atoms with Crippen LogP contribution in [0.15, 0.2) is 24.3 Å². The zero-order valence-electron chi connectivity index (χ0n) is 60.7. The van der Waals surface area contributed by atoms with Crippen LogP contribution < -0.4 is 0 Å². The predicted molar refractivity (Wildman–Crippen MR) is 381 cm³/mol. The van der Waals surface area contributed by atoms with Crippen molar-refractivity contribution in [2.24, 2.45) is 11.8 Å². The van der Waals surface area contributed by atoms with Gasteiger partial charge < -0.3 is 33.8 Å². The summed E-state index contributed by atoms with van der Waals surface area (Å²) in [6, 6.07) is 0. The Morgan fingerprint density at radius 3 is 0.957 bits per heavy atom. The summed E-state index contributed by atoms with van der Waals surface area (Å²) < 4.78 is 68.5. The van der Waals surface area contributed by atoms with Crippen molar-refractivity contribution in [2.75, 3.05) is 39.6 Å². The van der Waals surface area contributed by atoms with Gasteiger partial charge in [-0.15, -0.1) is 0 Å². The van der Waals surface area contributed by atoms with Crippen LogP contribution in [0.2, 0.25) is 0 Å². The van der Waals surface area contributed by atoms with Crippen LogP contribution in [0.1, 0.15) is 363 Å². The van der Waals surface area contributed by atoms with Crippen molar-refractivity contribution in [1.29, 1.82) is 0 Å². The molecule has 0 radical (unpaired) electrons. The lowest BCUT2D eigenvalue weighted by Gasteiger charge is -2.21. The number of hydrogen-bond donors (Lipinski definition) is 3. The highest BCUT2D eigenvalue weighted by Gasteiger charge is 2.30. The summed E-state index contributed by atoms with van der Waals surface area (Å²) in [6.45, 7) is 9.54. The molecule has 0 aliphatic carbocycles. The summed E-state index contributed by atoms with van der Waals surface area (Å²) in [5.74, 6) is -0.577. The number of esters is 4. The number of rotatable bonds is 72. The van der Waals surface area contributed by atoms with Gasteiger partial charge >= 0.3 is 39.5 Å². The summed E-state index contributed by atoms with van der Waals surface area (Å²) in [7, 11) is -9.92. The van der Waals surface area contributed by atoms with Gasteiger partial charge in [-0.3, -0.25) is 37.3 Å². The van der Waals surface area contributed by atoms with Gasteiger partial charge in [0.05, 0.1) is 26.4 Å². The van der Waals surface area contributed by atoms with E-state index in [0.29, 0.717) is 25.7 Å². The number of allylic oxidation sites excluding steroid dienone is 4. The number of carbonyl (C=O) groups excluding carboxylic acids is 4. The van der Waals surface area contributed by atoms with E-state index in [1.165, 1.54) is 167 Å². The van der Waals surface area contributed by atoms with Crippen LogP contribution in [-0.4, -0.2) is 96.7 Å². The molecule has 0 saturated carbocycles. The first-order chi connectivity index (χ1) is 45.4. The zero-order chi connectivity index (χ0) is 69.3. The molecule has 19 heteroatoms. The number of carbonyl (C=O) groups is 4. The molecule has 3 unspecified atom stereocenters. The minimum Gasteiger partial charge on any atom is -0.462 e. The highest BCUT2D eigenvalue weighted by Crippen LogP contribution is 2.45. The summed E-state index contributed by atoms with van der Waals surface area (Å²) in [6.07, 6.45) is 56.1. The summed E-state index contributed by atoms with van der Waals surface area (Å²) in [5, 5.41) is 10.6. The number of unbranched alkanes of at least 4 members (excludes halogenated alkanes) is 38. The summed E-state index contributed by atoms with van der Waals surface area (Å²) >= 11 is 0. The van der Waals surface area contributed by atoms with Crippen molar-refractivity contribution in [1.82, 2.24) is 0 Å². The number of phosphoric ester groups is 2. The molecule has 0 aromatic heterocycles. The maximum absolute atomic E-state index is 13.1. The molecule has 0 aromatic carbocycles. The first-order valence-corrected chi connectivity index (χ1v) is 41.3. The Kier molecular flexibility index (Phi) is 64.7. The quantitative estimate of drug-likeness (QED) is 0.0169. The molecule has 0 amide bonds. The first-order valence-electron chi connectivity index (χ1n) is 38.3. The smallest absolute Gasteiger partial charge is 0.462 e. The average molecular weight is 1380 g/mol. The van der Waals surface area contributed by atoms with E-state index in [-0.39, 0.29) is 25.7 Å². The molecule has 0 spiro atoms. The number of phosphoric acid groups is 2. The summed E-state index contributed by atoms with van der Waals surface area (Å²) in [4.78, 5) is 72.8. The molecule has 0 fully saturated rings. The maximum atomic E-state index is 13.1. The van der Waals surface area contributed by atoms with Gasteiger partial charge in [0.1, 0.15) is 19.3 Å². The van der Waals surface area contributed by atoms with E-state index in [4.69, 9.17) is 37.0 Å². The molecule has 0 rings (SSSR count). The molecule has 554 valence electrons. The van der Waals surface area contributed by atoms with E-state index < -0.39 is 97.5 Å². The van der Waals surface area contributed by atoms with Crippen molar-refractivity contribution < 1.29 is 80.2 Å². The second kappa shape index (κ2) is 66.4. The minimum atomic E-state index is -4.96. The van der Waals surface area contributed by atoms with Gasteiger partial charge in [0.2, 0.25) is 0 Å². The van der Waals surface area contributed by atoms with Crippen LogP contribution in [0.5, 0.6) is 0 Å². The van der Waals surface area contributed by atoms with Crippen molar-refractivity contribution in [2.45, 2.75) is 381 Å². The van der Waals surface area contributed by atoms with E-state index in [1.807, 2.05) is 0 Å². The van der Waals surface area contributed by atoms with Crippen LogP contribution >= 0.6 is 15.6 Å². The monoisotopic (exact) mass is 1380 g/mol. The number of ether oxygens (including phenoxy) is 4. The van der Waals surface area contributed by atoms with Crippen LogP contribution in [-0.2, 0) is 65.4 Å². The molecule has 0 aliphatic rings. The third kappa shape index (κ3) is 66.8.